The Kier molecular flexibility index (Phi) is 8.36. The monoisotopic (exact) mass is 432 g/mol. The summed E-state index contributed by atoms with van der Waals surface area (Å²) in [5.41, 5.74) is 6.13. The van der Waals surface area contributed by atoms with Crippen LogP contribution in [0.4, 0.5) is 20.8 Å². The third-order valence-electron chi connectivity index (χ3n) is 5.36. The number of unbranched alkanes of at least 4 members (excludes halogenated alkanes) is 1. The van der Waals surface area contributed by atoms with Crippen molar-refractivity contribution in [2.45, 2.75) is 31.6 Å². The molecular weight excluding hydrogens is 403 g/mol. The topological polar surface area (TPSA) is 125 Å². The molecule has 2 aromatic rings. The van der Waals surface area contributed by atoms with Crippen LogP contribution in [0.3, 0.4) is 0 Å². The quantitative estimate of drug-likeness (QED) is 0.452. The summed E-state index contributed by atoms with van der Waals surface area (Å²) in [6, 6.07) is 5.83. The number of para-hydroxylation sites is 2. The SMILES string of the molecule is NCCCCN1CCC(c2c[nH]c(NC(=O)Nc3ccccc3OCF)nc2=O)CC1. The van der Waals surface area contributed by atoms with Crippen molar-refractivity contribution in [3.63, 3.8) is 0 Å². The van der Waals surface area contributed by atoms with Crippen LogP contribution in [-0.2, 0) is 0 Å². The number of alkyl halides is 1. The first kappa shape index (κ1) is 22.7. The van der Waals surface area contributed by atoms with Crippen LogP contribution in [0.15, 0.2) is 35.3 Å². The van der Waals surface area contributed by atoms with Crippen LogP contribution < -0.4 is 26.7 Å². The molecule has 1 aliphatic rings. The van der Waals surface area contributed by atoms with Gasteiger partial charge in [0.25, 0.3) is 5.56 Å². The van der Waals surface area contributed by atoms with Gasteiger partial charge in [-0.1, -0.05) is 12.1 Å². The number of anilines is 2. The Labute approximate surface area is 180 Å². The summed E-state index contributed by atoms with van der Waals surface area (Å²) in [7, 11) is 0. The van der Waals surface area contributed by atoms with E-state index in [1.165, 1.54) is 6.07 Å². The van der Waals surface area contributed by atoms with E-state index in [4.69, 9.17) is 10.5 Å². The molecule has 1 fully saturated rings. The van der Waals surface area contributed by atoms with Crippen molar-refractivity contribution in [1.29, 1.82) is 0 Å². The molecule has 0 spiro atoms. The van der Waals surface area contributed by atoms with Gasteiger partial charge in [-0.15, -0.1) is 0 Å². The summed E-state index contributed by atoms with van der Waals surface area (Å²) in [6.45, 7) is 2.63. The zero-order chi connectivity index (χ0) is 22.1. The average molecular weight is 433 g/mol. The first-order valence-electron chi connectivity index (χ1n) is 10.5. The molecule has 0 aliphatic carbocycles. The highest BCUT2D eigenvalue weighted by molar-refractivity contribution is 5.99. The maximum atomic E-state index is 12.5. The van der Waals surface area contributed by atoms with E-state index in [-0.39, 0.29) is 23.2 Å². The summed E-state index contributed by atoms with van der Waals surface area (Å²) in [6.07, 6.45) is 5.54. The second kappa shape index (κ2) is 11.4. The number of nitrogens with zero attached hydrogens (tertiary/aromatic N) is 2. The normalized spacial score (nSPS) is 14.9. The zero-order valence-corrected chi connectivity index (χ0v) is 17.4. The fourth-order valence-electron chi connectivity index (χ4n) is 3.73. The fraction of sp³-hybridized carbons (Fsp3) is 0.476. The maximum absolute atomic E-state index is 12.5. The Bertz CT molecular complexity index is 914. The molecule has 1 aromatic carbocycles. The molecule has 5 N–H and O–H groups in total. The molecule has 9 nitrogen and oxygen atoms in total. The van der Waals surface area contributed by atoms with E-state index in [0.717, 1.165) is 45.3 Å². The number of urea groups is 1. The molecule has 3 rings (SSSR count). The molecule has 1 aliphatic heterocycles. The second-order valence-corrected chi connectivity index (χ2v) is 7.45. The molecule has 0 bridgehead atoms. The number of carbonyl (C=O) groups is 1. The minimum absolute atomic E-state index is 0.0364. The maximum Gasteiger partial charge on any atom is 0.326 e. The lowest BCUT2D eigenvalue weighted by Gasteiger charge is -2.31. The Morgan fingerprint density at radius 2 is 2.03 bits per heavy atom. The summed E-state index contributed by atoms with van der Waals surface area (Å²) in [5.74, 6) is 0.385. The van der Waals surface area contributed by atoms with Crippen LogP contribution in [0, 0.1) is 0 Å². The predicted molar refractivity (Wildman–Crippen MR) is 117 cm³/mol. The van der Waals surface area contributed by atoms with Gasteiger partial charge in [-0.3, -0.25) is 10.1 Å². The Morgan fingerprint density at radius 1 is 1.26 bits per heavy atom. The van der Waals surface area contributed by atoms with Gasteiger partial charge in [0, 0.05) is 11.8 Å². The number of carbonyl (C=O) groups excluding carboxylic acids is 1. The summed E-state index contributed by atoms with van der Waals surface area (Å²) in [4.78, 5) is 34.0. The molecule has 2 heterocycles. The molecule has 0 atom stereocenters. The number of rotatable bonds is 9. The standard InChI is InChI=1S/C21H29FN6O3/c22-14-31-18-6-2-1-5-17(18)25-21(30)27-20-24-13-16(19(29)26-20)15-7-11-28(12-8-15)10-4-3-9-23/h1-2,5-6,13,15H,3-4,7-12,14,23H2,(H3,24,25,26,27,29,30). The first-order chi connectivity index (χ1) is 15.1. The third kappa shape index (κ3) is 6.50. The van der Waals surface area contributed by atoms with Crippen molar-refractivity contribution in [3.8, 4) is 5.75 Å². The molecule has 1 saturated heterocycles. The molecule has 2 amide bonds. The van der Waals surface area contributed by atoms with E-state index < -0.39 is 12.9 Å². The molecule has 168 valence electrons. The number of aromatic nitrogens is 2. The van der Waals surface area contributed by atoms with Crippen LogP contribution in [0.2, 0.25) is 0 Å². The molecule has 10 heteroatoms. The van der Waals surface area contributed by atoms with E-state index in [1.807, 2.05) is 0 Å². The van der Waals surface area contributed by atoms with Crippen LogP contribution in [-0.4, -0.2) is 53.9 Å². The number of hydrogen-bond donors (Lipinski definition) is 4. The number of benzene rings is 1. The Balaban J connectivity index is 1.55. The number of aromatic amines is 1. The van der Waals surface area contributed by atoms with E-state index >= 15 is 0 Å². The number of halogens is 1. The van der Waals surface area contributed by atoms with E-state index in [2.05, 4.69) is 25.5 Å². The lowest BCUT2D eigenvalue weighted by Crippen LogP contribution is -2.35. The Morgan fingerprint density at radius 3 is 2.74 bits per heavy atom. The summed E-state index contributed by atoms with van der Waals surface area (Å²) in [5, 5.41) is 5.03. The van der Waals surface area contributed by atoms with Gasteiger partial charge in [0.05, 0.1) is 5.69 Å². The highest BCUT2D eigenvalue weighted by atomic mass is 19.1. The second-order valence-electron chi connectivity index (χ2n) is 7.45. The number of hydrogen-bond acceptors (Lipinski definition) is 6. The van der Waals surface area contributed by atoms with Crippen LogP contribution in [0.5, 0.6) is 5.75 Å². The van der Waals surface area contributed by atoms with Gasteiger partial charge in [0.1, 0.15) is 5.75 Å². The first-order valence-corrected chi connectivity index (χ1v) is 10.5. The van der Waals surface area contributed by atoms with E-state index in [1.54, 1.807) is 24.4 Å². The molecular formula is C21H29FN6O3. The third-order valence-corrected chi connectivity index (χ3v) is 5.36. The van der Waals surface area contributed by atoms with Crippen molar-refractivity contribution < 1.29 is 13.9 Å². The molecule has 1 aromatic heterocycles. The van der Waals surface area contributed by atoms with Gasteiger partial charge < -0.3 is 25.7 Å². The van der Waals surface area contributed by atoms with Gasteiger partial charge in [0.2, 0.25) is 12.8 Å². The number of ether oxygens (including phenoxy) is 1. The Hall–Kier alpha value is -2.98. The van der Waals surface area contributed by atoms with Crippen molar-refractivity contribution in [1.82, 2.24) is 14.9 Å². The number of likely N-dealkylation sites (tertiary alicyclic amines) is 1. The molecule has 0 saturated carbocycles. The van der Waals surface area contributed by atoms with Crippen molar-refractivity contribution >= 4 is 17.7 Å². The van der Waals surface area contributed by atoms with E-state index in [0.29, 0.717) is 17.8 Å². The number of amides is 2. The van der Waals surface area contributed by atoms with Gasteiger partial charge in [-0.05, 0) is 69.9 Å². The largest absolute Gasteiger partial charge is 0.461 e. The van der Waals surface area contributed by atoms with Crippen molar-refractivity contribution in [2.75, 3.05) is 43.7 Å². The molecule has 0 unspecified atom stereocenters. The zero-order valence-electron chi connectivity index (χ0n) is 17.4. The molecule has 31 heavy (non-hydrogen) atoms. The average Bonchev–Trinajstić information content (AvgIpc) is 2.76. The number of nitrogens with two attached hydrogens (primary N) is 1. The van der Waals surface area contributed by atoms with Crippen LogP contribution >= 0.6 is 0 Å². The van der Waals surface area contributed by atoms with Gasteiger partial charge in [0.15, 0.2) is 0 Å². The van der Waals surface area contributed by atoms with Crippen LogP contribution in [0.25, 0.3) is 0 Å². The minimum atomic E-state index is -1.01. The van der Waals surface area contributed by atoms with Crippen molar-refractivity contribution in [2.24, 2.45) is 5.73 Å². The smallest absolute Gasteiger partial charge is 0.326 e. The lowest BCUT2D eigenvalue weighted by atomic mass is 9.91. The predicted octanol–water partition coefficient (Wildman–Crippen LogP) is 2.64. The van der Waals surface area contributed by atoms with Gasteiger partial charge >= 0.3 is 6.03 Å². The van der Waals surface area contributed by atoms with Gasteiger partial charge in [-0.2, -0.15) is 4.98 Å². The number of H-pyrrole nitrogens is 1. The summed E-state index contributed by atoms with van der Waals surface area (Å²) < 4.78 is 17.3. The number of nitrogens with one attached hydrogen (secondary N) is 3. The summed E-state index contributed by atoms with van der Waals surface area (Å²) >= 11 is 0. The van der Waals surface area contributed by atoms with Crippen LogP contribution in [0.1, 0.15) is 37.2 Å². The van der Waals surface area contributed by atoms with Crippen molar-refractivity contribution in [3.05, 3.63) is 46.4 Å². The minimum Gasteiger partial charge on any atom is -0.461 e. The van der Waals surface area contributed by atoms with E-state index in [9.17, 15) is 14.0 Å². The van der Waals surface area contributed by atoms with Gasteiger partial charge in [-0.25, -0.2) is 9.18 Å². The molecule has 0 radical (unpaired) electrons. The lowest BCUT2D eigenvalue weighted by molar-refractivity contribution is 0.192. The number of piperidine rings is 1. The highest BCUT2D eigenvalue weighted by Crippen LogP contribution is 2.26. The fourth-order valence-corrected chi connectivity index (χ4v) is 3.73. The highest BCUT2D eigenvalue weighted by Gasteiger charge is 2.23.